The van der Waals surface area contributed by atoms with Gasteiger partial charge in [0.25, 0.3) is 5.91 Å². The Hall–Kier alpha value is -2.18. The minimum Gasteiger partial charge on any atom is -0.339 e. The van der Waals surface area contributed by atoms with E-state index < -0.39 is 0 Å². The summed E-state index contributed by atoms with van der Waals surface area (Å²) >= 11 is 6.34. The molecule has 7 heteroatoms. The van der Waals surface area contributed by atoms with Crippen LogP contribution in [0.1, 0.15) is 21.6 Å². The third-order valence-corrected chi connectivity index (χ3v) is 4.66. The Balaban J connectivity index is 1.79. The van der Waals surface area contributed by atoms with E-state index in [2.05, 4.69) is 27.2 Å². The van der Waals surface area contributed by atoms with Gasteiger partial charge < -0.3 is 15.1 Å². The molecule has 0 atom stereocenters. The molecule has 1 amide bonds. The number of halogens is 1. The fourth-order valence-electron chi connectivity index (χ4n) is 2.92. The molecule has 132 valence electrons. The molecular weight excluding hydrogens is 338 g/mol. The number of piperazine rings is 1. The predicted octanol–water partition coefficient (Wildman–Crippen LogP) is 2.88. The third kappa shape index (κ3) is 4.08. The Labute approximate surface area is 152 Å². The summed E-state index contributed by atoms with van der Waals surface area (Å²) in [6.07, 6.45) is 1.41. The van der Waals surface area contributed by atoms with Crippen molar-refractivity contribution in [1.29, 1.82) is 0 Å². The standard InChI is InChI=1S/C18H22ClN5O/c1-12-8-13(2)17(14(19)9-12)22-16-10-15(20-11-21-16)18(25)24-6-4-23(3)5-7-24/h8-11H,4-7H2,1-3H3,(H,20,21,22). The Morgan fingerprint density at radius 1 is 1.12 bits per heavy atom. The maximum absolute atomic E-state index is 12.7. The zero-order valence-corrected chi connectivity index (χ0v) is 15.5. The quantitative estimate of drug-likeness (QED) is 0.913. The van der Waals surface area contributed by atoms with Crippen LogP contribution in [-0.4, -0.2) is 58.9 Å². The van der Waals surface area contributed by atoms with Gasteiger partial charge in [-0.15, -0.1) is 0 Å². The Bertz CT molecular complexity index is 764. The summed E-state index contributed by atoms with van der Waals surface area (Å²) in [7, 11) is 2.06. The van der Waals surface area contributed by atoms with Gasteiger partial charge in [-0.2, -0.15) is 0 Å². The first kappa shape index (κ1) is 17.6. The van der Waals surface area contributed by atoms with Crippen molar-refractivity contribution in [2.75, 3.05) is 38.5 Å². The van der Waals surface area contributed by atoms with Gasteiger partial charge in [-0.3, -0.25) is 4.79 Å². The smallest absolute Gasteiger partial charge is 0.272 e. The van der Waals surface area contributed by atoms with Crippen LogP contribution in [0.5, 0.6) is 0 Å². The first-order chi connectivity index (χ1) is 11.9. The minimum atomic E-state index is -0.0646. The summed E-state index contributed by atoms with van der Waals surface area (Å²) in [4.78, 5) is 25.1. The van der Waals surface area contributed by atoms with Crippen molar-refractivity contribution in [3.05, 3.63) is 46.4 Å². The van der Waals surface area contributed by atoms with E-state index in [0.29, 0.717) is 29.6 Å². The minimum absolute atomic E-state index is 0.0646. The highest BCUT2D eigenvalue weighted by atomic mass is 35.5. The van der Waals surface area contributed by atoms with Crippen LogP contribution >= 0.6 is 11.6 Å². The number of amides is 1. The van der Waals surface area contributed by atoms with Crippen LogP contribution in [0.15, 0.2) is 24.5 Å². The van der Waals surface area contributed by atoms with Gasteiger partial charge in [-0.05, 0) is 38.1 Å². The first-order valence-electron chi connectivity index (χ1n) is 8.27. The van der Waals surface area contributed by atoms with Crippen LogP contribution in [0.3, 0.4) is 0 Å². The average Bonchev–Trinajstić information content (AvgIpc) is 2.58. The summed E-state index contributed by atoms with van der Waals surface area (Å²) in [6, 6.07) is 5.62. The number of rotatable bonds is 3. The van der Waals surface area contributed by atoms with Crippen molar-refractivity contribution in [1.82, 2.24) is 19.8 Å². The number of benzene rings is 1. The lowest BCUT2D eigenvalue weighted by Gasteiger charge is -2.32. The molecule has 0 unspecified atom stereocenters. The molecule has 3 rings (SSSR count). The largest absolute Gasteiger partial charge is 0.339 e. The topological polar surface area (TPSA) is 61.4 Å². The number of nitrogens with zero attached hydrogens (tertiary/aromatic N) is 4. The fraction of sp³-hybridized carbons (Fsp3) is 0.389. The van der Waals surface area contributed by atoms with E-state index in [1.807, 2.05) is 30.9 Å². The van der Waals surface area contributed by atoms with Gasteiger partial charge in [-0.25, -0.2) is 9.97 Å². The molecule has 1 aliphatic rings. The molecular formula is C18H22ClN5O. The fourth-order valence-corrected chi connectivity index (χ4v) is 3.28. The zero-order chi connectivity index (χ0) is 18.0. The summed E-state index contributed by atoms with van der Waals surface area (Å²) < 4.78 is 0. The highest BCUT2D eigenvalue weighted by Crippen LogP contribution is 2.29. The lowest BCUT2D eigenvalue weighted by atomic mass is 10.1. The lowest BCUT2D eigenvalue weighted by molar-refractivity contribution is 0.0658. The number of hydrogen-bond acceptors (Lipinski definition) is 5. The molecule has 0 saturated carbocycles. The molecule has 1 aliphatic heterocycles. The molecule has 1 aromatic heterocycles. The van der Waals surface area contributed by atoms with Gasteiger partial charge in [0.05, 0.1) is 10.7 Å². The van der Waals surface area contributed by atoms with E-state index in [0.717, 1.165) is 29.9 Å². The van der Waals surface area contributed by atoms with Gasteiger partial charge in [-0.1, -0.05) is 17.7 Å². The number of likely N-dealkylation sites (N-methyl/N-ethyl adjacent to an activating group) is 1. The van der Waals surface area contributed by atoms with Gasteiger partial charge in [0, 0.05) is 32.2 Å². The molecule has 1 fully saturated rings. The molecule has 1 aromatic carbocycles. The molecule has 2 aromatic rings. The van der Waals surface area contributed by atoms with E-state index in [-0.39, 0.29) is 5.91 Å². The van der Waals surface area contributed by atoms with Crippen molar-refractivity contribution in [2.24, 2.45) is 0 Å². The third-order valence-electron chi connectivity index (χ3n) is 4.36. The van der Waals surface area contributed by atoms with Crippen molar-refractivity contribution >= 4 is 29.0 Å². The molecule has 0 radical (unpaired) electrons. The molecule has 0 spiro atoms. The first-order valence-corrected chi connectivity index (χ1v) is 8.65. The number of aromatic nitrogens is 2. The molecule has 1 saturated heterocycles. The van der Waals surface area contributed by atoms with E-state index in [1.165, 1.54) is 6.33 Å². The molecule has 0 bridgehead atoms. The monoisotopic (exact) mass is 359 g/mol. The SMILES string of the molecule is Cc1cc(C)c(Nc2cc(C(=O)N3CCN(C)CC3)ncn2)c(Cl)c1. The van der Waals surface area contributed by atoms with E-state index in [4.69, 9.17) is 11.6 Å². The number of nitrogens with one attached hydrogen (secondary N) is 1. The van der Waals surface area contributed by atoms with Crippen LogP contribution in [0, 0.1) is 13.8 Å². The molecule has 1 N–H and O–H groups in total. The van der Waals surface area contributed by atoms with Crippen LogP contribution in [0.4, 0.5) is 11.5 Å². The van der Waals surface area contributed by atoms with Gasteiger partial charge >= 0.3 is 0 Å². The van der Waals surface area contributed by atoms with Gasteiger partial charge in [0.1, 0.15) is 17.8 Å². The summed E-state index contributed by atoms with van der Waals surface area (Å²) in [6.45, 7) is 7.16. The molecule has 0 aliphatic carbocycles. The number of hydrogen-bond donors (Lipinski definition) is 1. The Morgan fingerprint density at radius 3 is 2.52 bits per heavy atom. The van der Waals surface area contributed by atoms with Crippen LogP contribution in [0.25, 0.3) is 0 Å². The van der Waals surface area contributed by atoms with Crippen molar-refractivity contribution in [2.45, 2.75) is 13.8 Å². The maximum atomic E-state index is 12.7. The number of carbonyl (C=O) groups excluding carboxylic acids is 1. The second kappa shape index (κ2) is 7.37. The molecule has 6 nitrogen and oxygen atoms in total. The average molecular weight is 360 g/mol. The predicted molar refractivity (Wildman–Crippen MR) is 99.6 cm³/mol. The second-order valence-electron chi connectivity index (χ2n) is 6.45. The van der Waals surface area contributed by atoms with Crippen molar-refractivity contribution in [3.8, 4) is 0 Å². The number of carbonyl (C=O) groups is 1. The molecule has 2 heterocycles. The van der Waals surface area contributed by atoms with Crippen LogP contribution < -0.4 is 5.32 Å². The highest BCUT2D eigenvalue weighted by molar-refractivity contribution is 6.33. The van der Waals surface area contributed by atoms with E-state index >= 15 is 0 Å². The highest BCUT2D eigenvalue weighted by Gasteiger charge is 2.21. The van der Waals surface area contributed by atoms with Gasteiger partial charge in [0.15, 0.2) is 0 Å². The maximum Gasteiger partial charge on any atom is 0.272 e. The summed E-state index contributed by atoms with van der Waals surface area (Å²) in [5.41, 5.74) is 3.31. The number of aryl methyl sites for hydroxylation is 2. The summed E-state index contributed by atoms with van der Waals surface area (Å²) in [5, 5.41) is 3.84. The normalized spacial score (nSPS) is 15.3. The van der Waals surface area contributed by atoms with Crippen molar-refractivity contribution < 1.29 is 4.79 Å². The van der Waals surface area contributed by atoms with Crippen LogP contribution in [-0.2, 0) is 0 Å². The van der Waals surface area contributed by atoms with E-state index in [1.54, 1.807) is 6.07 Å². The second-order valence-corrected chi connectivity index (χ2v) is 6.85. The zero-order valence-electron chi connectivity index (χ0n) is 14.7. The van der Waals surface area contributed by atoms with Crippen LogP contribution in [0.2, 0.25) is 5.02 Å². The molecule has 25 heavy (non-hydrogen) atoms. The Kier molecular flexibility index (Phi) is 5.20. The number of anilines is 2. The Morgan fingerprint density at radius 2 is 1.84 bits per heavy atom. The van der Waals surface area contributed by atoms with Crippen molar-refractivity contribution in [3.63, 3.8) is 0 Å². The lowest BCUT2D eigenvalue weighted by Crippen LogP contribution is -2.47. The van der Waals surface area contributed by atoms with E-state index in [9.17, 15) is 4.79 Å². The summed E-state index contributed by atoms with van der Waals surface area (Å²) in [5.74, 6) is 0.492. The van der Waals surface area contributed by atoms with Gasteiger partial charge in [0.2, 0.25) is 0 Å².